The molecule has 4 aliphatic rings. The van der Waals surface area contributed by atoms with Gasteiger partial charge in [-0.2, -0.15) is 0 Å². The molecule has 0 aromatic rings. The molecule has 4 amide bonds. The lowest BCUT2D eigenvalue weighted by Gasteiger charge is -2.31. The molecule has 148 valence electrons. The number of carbonyl (C=O) groups is 4. The van der Waals surface area contributed by atoms with Gasteiger partial charge in [-0.05, 0) is 31.1 Å². The van der Waals surface area contributed by atoms with Crippen molar-refractivity contribution in [2.24, 2.45) is 23.7 Å². The molecule has 4 rings (SSSR count). The summed E-state index contributed by atoms with van der Waals surface area (Å²) in [6, 6.07) is -1.28. The Labute approximate surface area is 158 Å². The smallest absolute Gasteiger partial charge is 0.407 e. The summed E-state index contributed by atoms with van der Waals surface area (Å²) in [6.45, 7) is 6.67. The molecule has 3 heterocycles. The predicted octanol–water partition coefficient (Wildman–Crippen LogP) is 1.01. The quantitative estimate of drug-likeness (QED) is 0.724. The summed E-state index contributed by atoms with van der Waals surface area (Å²) in [7, 11) is 0. The minimum atomic E-state index is -1.08. The van der Waals surface area contributed by atoms with E-state index in [-0.39, 0.29) is 35.7 Å². The molecule has 4 fully saturated rings. The second kappa shape index (κ2) is 6.21. The number of carbonyl (C=O) groups excluding carboxylic acids is 3. The Bertz CT molecular complexity index is 701. The van der Waals surface area contributed by atoms with Crippen LogP contribution < -0.4 is 0 Å². The molecule has 0 radical (unpaired) electrons. The van der Waals surface area contributed by atoms with E-state index in [9.17, 15) is 24.3 Å². The van der Waals surface area contributed by atoms with Crippen molar-refractivity contribution in [1.82, 2.24) is 14.7 Å². The van der Waals surface area contributed by atoms with E-state index in [1.165, 1.54) is 9.80 Å². The Hall–Kier alpha value is -2.12. The van der Waals surface area contributed by atoms with Crippen molar-refractivity contribution in [1.29, 1.82) is 0 Å². The van der Waals surface area contributed by atoms with Crippen molar-refractivity contribution >= 4 is 23.8 Å². The highest BCUT2D eigenvalue weighted by molar-refractivity contribution is 6.02. The maximum atomic E-state index is 13.1. The third-order valence-electron chi connectivity index (χ3n) is 7.30. The van der Waals surface area contributed by atoms with Crippen molar-refractivity contribution in [3.63, 3.8) is 0 Å². The lowest BCUT2D eigenvalue weighted by atomic mass is 10.0. The van der Waals surface area contributed by atoms with Crippen LogP contribution in [0.25, 0.3) is 0 Å². The van der Waals surface area contributed by atoms with Gasteiger partial charge in [0.1, 0.15) is 6.04 Å². The maximum absolute atomic E-state index is 13.1. The Balaban J connectivity index is 1.54. The van der Waals surface area contributed by atoms with E-state index in [2.05, 4.69) is 0 Å². The third-order valence-corrected chi connectivity index (χ3v) is 7.30. The van der Waals surface area contributed by atoms with Crippen molar-refractivity contribution in [2.75, 3.05) is 13.1 Å². The minimum absolute atomic E-state index is 0.0954. The van der Waals surface area contributed by atoms with E-state index in [1.54, 1.807) is 11.8 Å². The summed E-state index contributed by atoms with van der Waals surface area (Å²) in [5, 5.41) is 9.34. The summed E-state index contributed by atoms with van der Waals surface area (Å²) in [4.78, 5) is 54.5. The lowest BCUT2D eigenvalue weighted by Crippen LogP contribution is -2.51. The fraction of sp³-hybridized carbons (Fsp3) is 0.789. The Kier molecular flexibility index (Phi) is 4.20. The molecule has 3 saturated heterocycles. The molecule has 1 unspecified atom stereocenters. The third kappa shape index (κ3) is 2.56. The van der Waals surface area contributed by atoms with Crippen LogP contribution in [-0.2, 0) is 14.4 Å². The van der Waals surface area contributed by atoms with Gasteiger partial charge in [-0.3, -0.25) is 24.2 Å². The highest BCUT2D eigenvalue weighted by atomic mass is 16.4. The number of hydrogen-bond donors (Lipinski definition) is 1. The lowest BCUT2D eigenvalue weighted by molar-refractivity contribution is -0.146. The SMILES string of the molecule is C[C@@H]1C(=O)N(C(=O)C2[C@@H](C)[C@H]2C)[C@H]2CCN(C(=O)[C@@H]3CCCN3C(=O)O)[C@H]12. The molecule has 0 aromatic carbocycles. The van der Waals surface area contributed by atoms with Gasteiger partial charge in [0.15, 0.2) is 0 Å². The highest BCUT2D eigenvalue weighted by Crippen LogP contribution is 2.49. The Morgan fingerprint density at radius 1 is 0.963 bits per heavy atom. The Morgan fingerprint density at radius 2 is 1.63 bits per heavy atom. The molecule has 1 saturated carbocycles. The average molecular weight is 377 g/mol. The van der Waals surface area contributed by atoms with Gasteiger partial charge in [0, 0.05) is 19.0 Å². The van der Waals surface area contributed by atoms with Gasteiger partial charge >= 0.3 is 6.09 Å². The normalized spacial score (nSPS) is 40.5. The van der Waals surface area contributed by atoms with Gasteiger partial charge in [-0.25, -0.2) is 4.79 Å². The number of hydrogen-bond acceptors (Lipinski definition) is 4. The molecular formula is C19H27N3O5. The van der Waals surface area contributed by atoms with Gasteiger partial charge in [-0.15, -0.1) is 0 Å². The first-order valence-corrected chi connectivity index (χ1v) is 9.92. The molecule has 27 heavy (non-hydrogen) atoms. The summed E-state index contributed by atoms with van der Waals surface area (Å²) in [6.07, 6.45) is 0.682. The average Bonchev–Trinajstić information content (AvgIpc) is 3.07. The molecule has 3 aliphatic heterocycles. The number of nitrogens with zero attached hydrogens (tertiary/aromatic N) is 3. The standard InChI is InChI=1S/C19H27N3O5/c1-9-10(2)14(9)18(25)22-12-6-8-21(15(12)11(3)16(22)23)17(24)13-5-4-7-20(13)19(26)27/h9-15H,4-8H2,1-3H3,(H,26,27)/t9-,10+,11-,12-,13-,14?,15+/m0/s1. The molecule has 0 bridgehead atoms. The van der Waals surface area contributed by atoms with Gasteiger partial charge in [0.25, 0.3) is 0 Å². The number of rotatable bonds is 2. The first-order chi connectivity index (χ1) is 12.8. The van der Waals surface area contributed by atoms with Crippen LogP contribution in [0.1, 0.15) is 40.0 Å². The van der Waals surface area contributed by atoms with E-state index in [4.69, 9.17) is 0 Å². The van der Waals surface area contributed by atoms with Crippen molar-refractivity contribution in [3.05, 3.63) is 0 Å². The van der Waals surface area contributed by atoms with Gasteiger partial charge in [-0.1, -0.05) is 20.8 Å². The van der Waals surface area contributed by atoms with Crippen LogP contribution in [0.4, 0.5) is 4.79 Å². The zero-order valence-corrected chi connectivity index (χ0v) is 16.0. The number of imide groups is 1. The molecular weight excluding hydrogens is 350 g/mol. The zero-order valence-electron chi connectivity index (χ0n) is 16.0. The van der Waals surface area contributed by atoms with E-state index in [1.807, 2.05) is 13.8 Å². The second-order valence-electron chi connectivity index (χ2n) is 8.59. The monoisotopic (exact) mass is 377 g/mol. The van der Waals surface area contributed by atoms with E-state index >= 15 is 0 Å². The van der Waals surface area contributed by atoms with Gasteiger partial charge in [0.2, 0.25) is 17.7 Å². The van der Waals surface area contributed by atoms with Crippen LogP contribution in [-0.4, -0.2) is 74.8 Å². The summed E-state index contributed by atoms with van der Waals surface area (Å²) < 4.78 is 0. The first kappa shape index (κ1) is 18.3. The van der Waals surface area contributed by atoms with Crippen LogP contribution in [0.5, 0.6) is 0 Å². The molecule has 0 aromatic heterocycles. The van der Waals surface area contributed by atoms with E-state index in [0.29, 0.717) is 44.2 Å². The van der Waals surface area contributed by atoms with Crippen LogP contribution in [0.15, 0.2) is 0 Å². The van der Waals surface area contributed by atoms with Gasteiger partial charge < -0.3 is 10.0 Å². The van der Waals surface area contributed by atoms with Gasteiger partial charge in [0.05, 0.1) is 18.0 Å². The molecule has 8 heteroatoms. The summed E-state index contributed by atoms with van der Waals surface area (Å²) in [5.41, 5.74) is 0. The summed E-state index contributed by atoms with van der Waals surface area (Å²) >= 11 is 0. The molecule has 1 N–H and O–H groups in total. The second-order valence-corrected chi connectivity index (χ2v) is 8.59. The van der Waals surface area contributed by atoms with Crippen LogP contribution in [0.2, 0.25) is 0 Å². The fourth-order valence-corrected chi connectivity index (χ4v) is 5.46. The Morgan fingerprint density at radius 3 is 2.22 bits per heavy atom. The van der Waals surface area contributed by atoms with Crippen molar-refractivity contribution in [2.45, 2.75) is 58.2 Å². The zero-order chi connectivity index (χ0) is 19.6. The minimum Gasteiger partial charge on any atom is -0.465 e. The van der Waals surface area contributed by atoms with Crippen molar-refractivity contribution < 1.29 is 24.3 Å². The van der Waals surface area contributed by atoms with Crippen LogP contribution >= 0.6 is 0 Å². The molecule has 0 spiro atoms. The number of carboxylic acid groups (broad SMARTS) is 1. The number of likely N-dealkylation sites (tertiary alicyclic amines) is 3. The molecule has 1 aliphatic carbocycles. The van der Waals surface area contributed by atoms with Crippen LogP contribution in [0.3, 0.4) is 0 Å². The van der Waals surface area contributed by atoms with E-state index in [0.717, 1.165) is 0 Å². The summed E-state index contributed by atoms with van der Waals surface area (Å²) in [5.74, 6) is -0.453. The molecule has 8 nitrogen and oxygen atoms in total. The number of fused-ring (bicyclic) bond motifs is 1. The van der Waals surface area contributed by atoms with E-state index < -0.39 is 18.1 Å². The van der Waals surface area contributed by atoms with Crippen LogP contribution in [0, 0.1) is 23.7 Å². The molecule has 7 atom stereocenters. The van der Waals surface area contributed by atoms with Crippen molar-refractivity contribution in [3.8, 4) is 0 Å². The first-order valence-electron chi connectivity index (χ1n) is 9.92. The topological polar surface area (TPSA) is 98.2 Å². The highest BCUT2D eigenvalue weighted by Gasteiger charge is 2.60. The predicted molar refractivity (Wildman–Crippen MR) is 94.5 cm³/mol. The number of amides is 4. The maximum Gasteiger partial charge on any atom is 0.407 e. The fourth-order valence-electron chi connectivity index (χ4n) is 5.46. The largest absolute Gasteiger partial charge is 0.465 e.